The maximum absolute atomic E-state index is 11.6. The van der Waals surface area contributed by atoms with Gasteiger partial charge in [-0.1, -0.05) is 18.2 Å². The zero-order valence-corrected chi connectivity index (χ0v) is 8.04. The monoisotopic (exact) mass is 208 g/mol. The zero-order valence-electron chi connectivity index (χ0n) is 8.04. The Balaban J connectivity index is 2.36. The fourth-order valence-electron chi connectivity index (χ4n) is 2.34. The third kappa shape index (κ3) is 1.61. The molecular weight excluding hydrogens is 196 g/mol. The maximum atomic E-state index is 11.6. The number of carbonyl (C=O) groups excluding carboxylic acids is 1. The highest BCUT2D eigenvalue weighted by Crippen LogP contribution is 2.36. The quantitative estimate of drug-likeness (QED) is 0.611. The number of carbonyl (C=O) groups is 2. The molecule has 0 aromatic heterocycles. The van der Waals surface area contributed by atoms with E-state index in [1.165, 1.54) is 12.2 Å². The van der Waals surface area contributed by atoms with E-state index in [1.54, 1.807) is 12.2 Å². The van der Waals surface area contributed by atoms with Crippen LogP contribution in [0.5, 0.6) is 0 Å². The molecule has 4 nitrogen and oxygen atoms in total. The van der Waals surface area contributed by atoms with E-state index in [9.17, 15) is 14.7 Å². The molecule has 2 N–H and O–H groups in total. The summed E-state index contributed by atoms with van der Waals surface area (Å²) < 4.78 is 0. The molecule has 0 saturated heterocycles. The highest BCUT2D eigenvalue weighted by atomic mass is 16.4. The number of carboxylic acids is 1. The number of rotatable bonds is 1. The van der Waals surface area contributed by atoms with E-state index in [0.29, 0.717) is 6.42 Å². The number of allylic oxidation sites excluding steroid dienone is 2. The van der Waals surface area contributed by atoms with Gasteiger partial charge in [-0.05, 0) is 12.5 Å². The molecule has 0 amide bonds. The third-order valence-electron chi connectivity index (χ3n) is 3.11. The summed E-state index contributed by atoms with van der Waals surface area (Å²) in [5.74, 6) is -2.88. The van der Waals surface area contributed by atoms with Crippen molar-refractivity contribution in [2.24, 2.45) is 17.8 Å². The molecule has 0 saturated carbocycles. The molecule has 2 rings (SSSR count). The van der Waals surface area contributed by atoms with E-state index in [4.69, 9.17) is 5.11 Å². The Morgan fingerprint density at radius 3 is 2.80 bits per heavy atom. The summed E-state index contributed by atoms with van der Waals surface area (Å²) in [6.45, 7) is 0. The largest absolute Gasteiger partial charge is 0.481 e. The summed E-state index contributed by atoms with van der Waals surface area (Å²) in [4.78, 5) is 22.5. The summed E-state index contributed by atoms with van der Waals surface area (Å²) in [7, 11) is 0. The van der Waals surface area contributed by atoms with Crippen LogP contribution in [-0.2, 0) is 9.59 Å². The fraction of sp³-hybridized carbons (Fsp3) is 0.455. The molecule has 0 heterocycles. The first kappa shape index (κ1) is 10.1. The fourth-order valence-corrected chi connectivity index (χ4v) is 2.34. The Morgan fingerprint density at radius 1 is 1.40 bits per heavy atom. The summed E-state index contributed by atoms with van der Waals surface area (Å²) in [5.41, 5.74) is 0. The Bertz CT molecular complexity index is 356. The second-order valence-corrected chi connectivity index (χ2v) is 3.97. The van der Waals surface area contributed by atoms with Crippen molar-refractivity contribution in [2.75, 3.05) is 0 Å². The molecule has 2 aliphatic carbocycles. The topological polar surface area (TPSA) is 74.6 Å². The van der Waals surface area contributed by atoms with E-state index in [-0.39, 0.29) is 11.7 Å². The first-order chi connectivity index (χ1) is 7.11. The number of hydrogen-bond acceptors (Lipinski definition) is 3. The average molecular weight is 208 g/mol. The second kappa shape index (κ2) is 3.62. The Labute approximate surface area is 86.9 Å². The number of carboxylic acid groups (broad SMARTS) is 1. The van der Waals surface area contributed by atoms with Gasteiger partial charge < -0.3 is 10.2 Å². The van der Waals surface area contributed by atoms with Crippen LogP contribution >= 0.6 is 0 Å². The van der Waals surface area contributed by atoms with Crippen molar-refractivity contribution in [2.45, 2.75) is 12.5 Å². The van der Waals surface area contributed by atoms with Crippen molar-refractivity contribution in [1.29, 1.82) is 0 Å². The van der Waals surface area contributed by atoms with Crippen molar-refractivity contribution in [1.82, 2.24) is 0 Å². The first-order valence-corrected chi connectivity index (χ1v) is 4.91. The van der Waals surface area contributed by atoms with Crippen molar-refractivity contribution in [3.63, 3.8) is 0 Å². The van der Waals surface area contributed by atoms with E-state index in [1.807, 2.05) is 0 Å². The van der Waals surface area contributed by atoms with E-state index in [0.717, 1.165) is 0 Å². The molecule has 80 valence electrons. The molecule has 0 spiro atoms. The Kier molecular flexibility index (Phi) is 2.44. The van der Waals surface area contributed by atoms with Gasteiger partial charge in [-0.25, -0.2) is 0 Å². The van der Waals surface area contributed by atoms with Crippen molar-refractivity contribution < 1.29 is 19.8 Å². The number of aliphatic hydroxyl groups is 1. The first-order valence-electron chi connectivity index (χ1n) is 4.91. The van der Waals surface area contributed by atoms with Crippen LogP contribution in [0.25, 0.3) is 0 Å². The zero-order chi connectivity index (χ0) is 11.0. The van der Waals surface area contributed by atoms with Crippen LogP contribution in [0.1, 0.15) is 6.42 Å². The van der Waals surface area contributed by atoms with Crippen molar-refractivity contribution in [3.05, 3.63) is 24.3 Å². The van der Waals surface area contributed by atoms with Gasteiger partial charge in [0.05, 0.1) is 12.0 Å². The summed E-state index contributed by atoms with van der Waals surface area (Å²) in [5, 5.41) is 18.6. The molecule has 4 atom stereocenters. The lowest BCUT2D eigenvalue weighted by Gasteiger charge is -2.35. The minimum absolute atomic E-state index is 0.193. The van der Waals surface area contributed by atoms with E-state index >= 15 is 0 Å². The smallest absolute Gasteiger partial charge is 0.311 e. The number of aliphatic hydroxyl groups excluding tert-OH is 1. The third-order valence-corrected chi connectivity index (χ3v) is 3.11. The van der Waals surface area contributed by atoms with Crippen LogP contribution < -0.4 is 0 Å². The predicted molar refractivity (Wildman–Crippen MR) is 52.0 cm³/mol. The summed E-state index contributed by atoms with van der Waals surface area (Å²) in [6.07, 6.45) is 5.87. The lowest BCUT2D eigenvalue weighted by Crippen LogP contribution is -2.42. The van der Waals surface area contributed by atoms with Gasteiger partial charge >= 0.3 is 5.97 Å². The molecular formula is C11H12O4. The molecule has 0 unspecified atom stereocenters. The number of aliphatic carboxylic acids is 1. The van der Waals surface area contributed by atoms with E-state index < -0.39 is 23.9 Å². The maximum Gasteiger partial charge on any atom is 0.311 e. The highest BCUT2D eigenvalue weighted by Gasteiger charge is 2.43. The van der Waals surface area contributed by atoms with E-state index in [2.05, 4.69) is 0 Å². The Morgan fingerprint density at radius 2 is 2.13 bits per heavy atom. The van der Waals surface area contributed by atoms with Gasteiger partial charge in [0.2, 0.25) is 0 Å². The van der Waals surface area contributed by atoms with Gasteiger partial charge in [0.15, 0.2) is 5.78 Å². The van der Waals surface area contributed by atoms with Crippen molar-refractivity contribution >= 4 is 11.8 Å². The van der Waals surface area contributed by atoms with Gasteiger partial charge in [-0.2, -0.15) is 0 Å². The molecule has 0 radical (unpaired) electrons. The number of hydrogen-bond donors (Lipinski definition) is 2. The second-order valence-electron chi connectivity index (χ2n) is 3.97. The SMILES string of the molecule is O=C1C=C[C@@H](O)[C@H]2CC=C[C@@H](C(=O)O)[C@@H]12. The standard InChI is InChI=1S/C11H12O4/c12-8-4-5-9(13)10-6(8)2-1-3-7(10)11(14)15/h1,3-8,10,12H,2H2,(H,14,15)/t6-,7-,8-,10+/m1/s1. The van der Waals surface area contributed by atoms with Gasteiger partial charge in [-0.15, -0.1) is 0 Å². The molecule has 0 aliphatic heterocycles. The molecule has 0 fully saturated rings. The number of ketones is 1. The lowest BCUT2D eigenvalue weighted by molar-refractivity contribution is -0.146. The van der Waals surface area contributed by atoms with Gasteiger partial charge in [0.25, 0.3) is 0 Å². The van der Waals surface area contributed by atoms with Gasteiger partial charge in [0.1, 0.15) is 0 Å². The van der Waals surface area contributed by atoms with Crippen LogP contribution in [0.2, 0.25) is 0 Å². The van der Waals surface area contributed by atoms with Crippen LogP contribution in [0.15, 0.2) is 24.3 Å². The minimum atomic E-state index is -1.00. The van der Waals surface area contributed by atoms with Crippen molar-refractivity contribution in [3.8, 4) is 0 Å². The molecule has 2 aliphatic rings. The highest BCUT2D eigenvalue weighted by molar-refractivity contribution is 5.96. The van der Waals surface area contributed by atoms with Crippen LogP contribution in [-0.4, -0.2) is 28.1 Å². The number of fused-ring (bicyclic) bond motifs is 1. The molecule has 0 aromatic carbocycles. The molecule has 15 heavy (non-hydrogen) atoms. The normalized spacial score (nSPS) is 38.9. The average Bonchev–Trinajstić information content (AvgIpc) is 2.23. The Hall–Kier alpha value is -1.42. The molecule has 0 aromatic rings. The van der Waals surface area contributed by atoms with Gasteiger partial charge in [0, 0.05) is 11.8 Å². The van der Waals surface area contributed by atoms with Gasteiger partial charge in [-0.3, -0.25) is 9.59 Å². The van der Waals surface area contributed by atoms with Crippen LogP contribution in [0, 0.1) is 17.8 Å². The summed E-state index contributed by atoms with van der Waals surface area (Å²) >= 11 is 0. The lowest BCUT2D eigenvalue weighted by atomic mass is 9.69. The van der Waals surface area contributed by atoms with Crippen LogP contribution in [0.3, 0.4) is 0 Å². The molecule has 4 heteroatoms. The van der Waals surface area contributed by atoms with Crippen LogP contribution in [0.4, 0.5) is 0 Å². The molecule has 0 bridgehead atoms. The predicted octanol–water partition coefficient (Wildman–Crippen LogP) is 0.379. The minimum Gasteiger partial charge on any atom is -0.481 e. The summed E-state index contributed by atoms with van der Waals surface area (Å²) in [6, 6.07) is 0.